The van der Waals surface area contributed by atoms with Gasteiger partial charge in [-0.15, -0.1) is 0 Å². The van der Waals surface area contributed by atoms with Crippen LogP contribution in [0.1, 0.15) is 38.5 Å². The molecule has 1 aromatic rings. The van der Waals surface area contributed by atoms with Crippen LogP contribution in [0.15, 0.2) is 24.3 Å². The second kappa shape index (κ2) is 7.09. The van der Waals surface area contributed by atoms with E-state index in [0.29, 0.717) is 17.9 Å². The van der Waals surface area contributed by atoms with Gasteiger partial charge in [0.1, 0.15) is 11.8 Å². The normalized spacial score (nSPS) is 16.8. The number of benzene rings is 1. The van der Waals surface area contributed by atoms with Gasteiger partial charge >= 0.3 is 0 Å². The highest BCUT2D eigenvalue weighted by molar-refractivity contribution is 5.91. The quantitative estimate of drug-likeness (QED) is 0.871. The minimum Gasteiger partial charge on any atom is -0.479 e. The first-order valence-electron chi connectivity index (χ1n) is 7.30. The molecule has 0 aromatic heterocycles. The molecule has 0 saturated heterocycles. The third-order valence-electron chi connectivity index (χ3n) is 3.78. The van der Waals surface area contributed by atoms with Crippen LogP contribution in [0.25, 0.3) is 0 Å². The van der Waals surface area contributed by atoms with Gasteiger partial charge in [0.15, 0.2) is 6.61 Å². The lowest BCUT2D eigenvalue weighted by Crippen LogP contribution is -2.44. The predicted octanol–water partition coefficient (Wildman–Crippen LogP) is 2.58. The van der Waals surface area contributed by atoms with Crippen molar-refractivity contribution >= 4 is 11.6 Å². The molecule has 0 radical (unpaired) electrons. The maximum absolute atomic E-state index is 12.1. The highest BCUT2D eigenvalue weighted by Gasteiger charge is 2.29. The Morgan fingerprint density at radius 2 is 2.14 bits per heavy atom. The monoisotopic (exact) mass is 287 g/mol. The van der Waals surface area contributed by atoms with Crippen molar-refractivity contribution in [3.05, 3.63) is 24.3 Å². The zero-order valence-corrected chi connectivity index (χ0v) is 12.1. The molecule has 0 atom stereocenters. The maximum Gasteiger partial charge on any atom is 0.226 e. The number of ether oxygens (including phenoxy) is 1. The third kappa shape index (κ3) is 4.76. The minimum absolute atomic E-state index is 0.0106. The second-order valence-electron chi connectivity index (χ2n) is 5.62. The summed E-state index contributed by atoms with van der Waals surface area (Å²) in [5.74, 6) is 0.492. The van der Waals surface area contributed by atoms with E-state index in [0.717, 1.165) is 25.7 Å². The first-order valence-corrected chi connectivity index (χ1v) is 7.30. The molecule has 1 aliphatic rings. The predicted molar refractivity (Wildman–Crippen MR) is 80.8 cm³/mol. The van der Waals surface area contributed by atoms with E-state index in [-0.39, 0.29) is 18.1 Å². The van der Waals surface area contributed by atoms with E-state index in [1.807, 2.05) is 6.07 Å². The van der Waals surface area contributed by atoms with Crippen molar-refractivity contribution in [1.82, 2.24) is 0 Å². The van der Waals surface area contributed by atoms with Crippen LogP contribution in [-0.4, -0.2) is 18.1 Å². The number of hydrogen-bond acceptors (Lipinski definition) is 4. The number of carbonyl (C=O) groups is 1. The van der Waals surface area contributed by atoms with Gasteiger partial charge in [-0.3, -0.25) is 4.79 Å². The summed E-state index contributed by atoms with van der Waals surface area (Å²) >= 11 is 0. The Labute approximate surface area is 125 Å². The summed E-state index contributed by atoms with van der Waals surface area (Å²) in [5, 5.41) is 11.3. The summed E-state index contributed by atoms with van der Waals surface area (Å²) in [6, 6.07) is 8.94. The number of anilines is 1. The van der Waals surface area contributed by atoms with Crippen LogP contribution in [0.5, 0.6) is 5.75 Å². The molecule has 0 aliphatic heterocycles. The van der Waals surface area contributed by atoms with Crippen molar-refractivity contribution in [1.29, 1.82) is 5.26 Å². The fourth-order valence-electron chi connectivity index (χ4n) is 2.74. The lowest BCUT2D eigenvalue weighted by molar-refractivity contribution is -0.117. The van der Waals surface area contributed by atoms with Crippen molar-refractivity contribution < 1.29 is 9.53 Å². The Kier molecular flexibility index (Phi) is 5.18. The van der Waals surface area contributed by atoms with Gasteiger partial charge in [-0.05, 0) is 25.0 Å². The molecule has 0 bridgehead atoms. The van der Waals surface area contributed by atoms with Crippen molar-refractivity contribution in [2.24, 2.45) is 5.73 Å². The average molecular weight is 287 g/mol. The highest BCUT2D eigenvalue weighted by Crippen LogP contribution is 2.29. The van der Waals surface area contributed by atoms with Gasteiger partial charge in [-0.25, -0.2) is 0 Å². The van der Waals surface area contributed by atoms with Crippen LogP contribution in [-0.2, 0) is 4.79 Å². The lowest BCUT2D eigenvalue weighted by Gasteiger charge is -2.32. The zero-order valence-electron chi connectivity index (χ0n) is 12.1. The van der Waals surface area contributed by atoms with E-state index in [1.165, 1.54) is 6.42 Å². The van der Waals surface area contributed by atoms with E-state index in [4.69, 9.17) is 15.7 Å². The van der Waals surface area contributed by atoms with Crippen molar-refractivity contribution in [3.63, 3.8) is 0 Å². The summed E-state index contributed by atoms with van der Waals surface area (Å²) < 4.78 is 5.21. The van der Waals surface area contributed by atoms with E-state index in [1.54, 1.807) is 24.3 Å². The molecule has 1 saturated carbocycles. The van der Waals surface area contributed by atoms with E-state index >= 15 is 0 Å². The number of hydrogen-bond donors (Lipinski definition) is 2. The molecular formula is C16H21N3O2. The lowest BCUT2D eigenvalue weighted by atomic mass is 9.80. The van der Waals surface area contributed by atoms with Gasteiger partial charge in [-0.1, -0.05) is 25.3 Å². The highest BCUT2D eigenvalue weighted by atomic mass is 16.5. The number of nitriles is 1. The van der Waals surface area contributed by atoms with Crippen LogP contribution in [0.2, 0.25) is 0 Å². The maximum atomic E-state index is 12.1. The van der Waals surface area contributed by atoms with Crippen molar-refractivity contribution in [3.8, 4) is 11.8 Å². The molecule has 1 amide bonds. The molecule has 112 valence electrons. The third-order valence-corrected chi connectivity index (χ3v) is 3.78. The van der Waals surface area contributed by atoms with Gasteiger partial charge in [0.25, 0.3) is 0 Å². The largest absolute Gasteiger partial charge is 0.479 e. The topological polar surface area (TPSA) is 88.1 Å². The van der Waals surface area contributed by atoms with Crippen LogP contribution >= 0.6 is 0 Å². The van der Waals surface area contributed by atoms with Crippen LogP contribution in [0.3, 0.4) is 0 Å². The number of nitrogens with one attached hydrogen (secondary N) is 1. The Morgan fingerprint density at radius 3 is 2.86 bits per heavy atom. The van der Waals surface area contributed by atoms with E-state index in [9.17, 15) is 4.79 Å². The Bertz CT molecular complexity index is 531. The number of carbonyl (C=O) groups excluding carboxylic acids is 1. The van der Waals surface area contributed by atoms with Gasteiger partial charge < -0.3 is 15.8 Å². The first kappa shape index (κ1) is 15.3. The van der Waals surface area contributed by atoms with Crippen molar-refractivity contribution in [2.45, 2.75) is 44.1 Å². The zero-order chi connectivity index (χ0) is 15.1. The van der Waals surface area contributed by atoms with E-state index in [2.05, 4.69) is 5.32 Å². The van der Waals surface area contributed by atoms with Crippen LogP contribution < -0.4 is 15.8 Å². The summed E-state index contributed by atoms with van der Waals surface area (Å²) in [5.41, 5.74) is 6.59. The number of nitrogens with two attached hydrogens (primary N) is 1. The Balaban J connectivity index is 1.91. The number of nitrogens with zero attached hydrogens (tertiary/aromatic N) is 1. The van der Waals surface area contributed by atoms with Crippen molar-refractivity contribution in [2.75, 3.05) is 11.9 Å². The SMILES string of the molecule is N#CCOc1cccc(NC(=O)CC2(N)CCCCC2)c1. The average Bonchev–Trinajstić information content (AvgIpc) is 2.45. The first-order chi connectivity index (χ1) is 10.1. The molecule has 1 aliphatic carbocycles. The molecule has 5 nitrogen and oxygen atoms in total. The van der Waals surface area contributed by atoms with Crippen LogP contribution in [0, 0.1) is 11.3 Å². The summed E-state index contributed by atoms with van der Waals surface area (Å²) in [4.78, 5) is 12.1. The number of amides is 1. The number of rotatable bonds is 5. The molecule has 0 spiro atoms. The van der Waals surface area contributed by atoms with Gasteiger partial charge in [0, 0.05) is 23.7 Å². The molecule has 1 aromatic carbocycles. The molecule has 3 N–H and O–H groups in total. The fourth-order valence-corrected chi connectivity index (χ4v) is 2.74. The summed E-state index contributed by atoms with van der Waals surface area (Å²) in [6.45, 7) is -0.0106. The Hall–Kier alpha value is -2.06. The smallest absolute Gasteiger partial charge is 0.226 e. The molecule has 21 heavy (non-hydrogen) atoms. The minimum atomic E-state index is -0.364. The second-order valence-corrected chi connectivity index (χ2v) is 5.62. The van der Waals surface area contributed by atoms with Gasteiger partial charge in [0.05, 0.1) is 0 Å². The molecular weight excluding hydrogens is 266 g/mol. The Morgan fingerprint density at radius 1 is 1.38 bits per heavy atom. The fraction of sp³-hybridized carbons (Fsp3) is 0.500. The molecule has 0 heterocycles. The molecule has 0 unspecified atom stereocenters. The molecule has 1 fully saturated rings. The van der Waals surface area contributed by atoms with Gasteiger partial charge in [0.2, 0.25) is 5.91 Å². The van der Waals surface area contributed by atoms with Crippen LogP contribution in [0.4, 0.5) is 5.69 Å². The molecule has 5 heteroatoms. The van der Waals surface area contributed by atoms with E-state index < -0.39 is 0 Å². The summed E-state index contributed by atoms with van der Waals surface area (Å²) in [6.07, 6.45) is 5.56. The molecule has 2 rings (SSSR count). The summed E-state index contributed by atoms with van der Waals surface area (Å²) in [7, 11) is 0. The standard InChI is InChI=1S/C16H21N3O2/c17-9-10-21-14-6-4-5-13(11-14)19-15(20)12-16(18)7-2-1-3-8-16/h4-6,11H,1-3,7-8,10,12,18H2,(H,19,20). The van der Waals surface area contributed by atoms with Gasteiger partial charge in [-0.2, -0.15) is 5.26 Å².